The van der Waals surface area contributed by atoms with Crippen molar-refractivity contribution in [3.8, 4) is 5.75 Å². The average molecular weight is 397 g/mol. The molecule has 0 spiro atoms. The van der Waals surface area contributed by atoms with Crippen LogP contribution in [0, 0.1) is 4.77 Å². The Bertz CT molecular complexity index is 723. The van der Waals surface area contributed by atoms with Gasteiger partial charge < -0.3 is 4.74 Å². The highest BCUT2D eigenvalue weighted by molar-refractivity contribution is 9.10. The molecule has 1 heterocycles. The van der Waals surface area contributed by atoms with Crippen molar-refractivity contribution in [2.75, 3.05) is 6.61 Å². The molecule has 23 heavy (non-hydrogen) atoms. The van der Waals surface area contributed by atoms with Crippen LogP contribution >= 0.6 is 28.1 Å². The van der Waals surface area contributed by atoms with E-state index in [2.05, 4.69) is 45.1 Å². The third-order valence-electron chi connectivity index (χ3n) is 3.21. The van der Waals surface area contributed by atoms with Crippen LogP contribution in [0.2, 0.25) is 0 Å². The molecule has 1 aromatic carbocycles. The highest BCUT2D eigenvalue weighted by Crippen LogP contribution is 2.25. The fourth-order valence-electron chi connectivity index (χ4n) is 1.99. The molecule has 0 amide bonds. The first kappa shape index (κ1) is 17.9. The number of unbranched alkanes of at least 4 members (excludes halogenated alkanes) is 1. The lowest BCUT2D eigenvalue weighted by atomic mass is 10.2. The number of aromatic nitrogens is 3. The molecular weight excluding hydrogens is 376 g/mol. The molecule has 0 radical (unpaired) electrons. The lowest BCUT2D eigenvalue weighted by molar-refractivity contribution is 0.315. The van der Waals surface area contributed by atoms with Crippen molar-refractivity contribution in [3.63, 3.8) is 0 Å². The van der Waals surface area contributed by atoms with Gasteiger partial charge in [0.1, 0.15) is 5.75 Å². The Morgan fingerprint density at radius 2 is 2.22 bits per heavy atom. The average Bonchev–Trinajstić information content (AvgIpc) is 2.90. The van der Waals surface area contributed by atoms with Crippen LogP contribution in [0.3, 0.4) is 0 Å². The van der Waals surface area contributed by atoms with Crippen molar-refractivity contribution < 1.29 is 4.74 Å². The van der Waals surface area contributed by atoms with Crippen molar-refractivity contribution >= 4 is 34.4 Å². The Hall–Kier alpha value is -1.47. The van der Waals surface area contributed by atoms with Crippen LogP contribution in [0.4, 0.5) is 0 Å². The molecule has 0 fully saturated rings. The van der Waals surface area contributed by atoms with Crippen LogP contribution < -0.4 is 4.74 Å². The van der Waals surface area contributed by atoms with Crippen molar-refractivity contribution in [1.29, 1.82) is 0 Å². The fourth-order valence-corrected chi connectivity index (χ4v) is 2.70. The Labute approximate surface area is 149 Å². The van der Waals surface area contributed by atoms with E-state index >= 15 is 0 Å². The molecule has 0 aliphatic rings. The molecule has 2 aromatic rings. The quantitative estimate of drug-likeness (QED) is 0.518. The summed E-state index contributed by atoms with van der Waals surface area (Å²) in [6.07, 6.45) is 5.78. The minimum Gasteiger partial charge on any atom is -0.492 e. The molecule has 2 rings (SSSR count). The maximum Gasteiger partial charge on any atom is 0.216 e. The van der Waals surface area contributed by atoms with Crippen molar-refractivity contribution in [1.82, 2.24) is 14.9 Å². The molecular formula is C16H21BrN4OS. The second-order valence-electron chi connectivity index (χ2n) is 5.14. The van der Waals surface area contributed by atoms with E-state index in [-0.39, 0.29) is 0 Å². The molecule has 7 heteroatoms. The molecule has 124 valence electrons. The van der Waals surface area contributed by atoms with E-state index in [0.29, 0.717) is 11.4 Å². The van der Waals surface area contributed by atoms with E-state index in [4.69, 9.17) is 17.0 Å². The number of aryl methyl sites for hydroxylation is 1. The van der Waals surface area contributed by atoms with Crippen LogP contribution in [-0.4, -0.2) is 27.7 Å². The van der Waals surface area contributed by atoms with E-state index in [0.717, 1.165) is 47.3 Å². The Kier molecular flexibility index (Phi) is 6.98. The minimum atomic E-state index is 0.509. The normalized spacial score (nSPS) is 11.3. The molecule has 0 saturated carbocycles. The lowest BCUT2D eigenvalue weighted by Crippen LogP contribution is -1.99. The summed E-state index contributed by atoms with van der Waals surface area (Å²) in [5.41, 5.74) is 0.963. The zero-order valence-corrected chi connectivity index (χ0v) is 15.8. The van der Waals surface area contributed by atoms with E-state index in [1.165, 1.54) is 0 Å². The second-order valence-corrected chi connectivity index (χ2v) is 6.38. The molecule has 1 N–H and O–H groups in total. The number of benzene rings is 1. The van der Waals surface area contributed by atoms with Gasteiger partial charge in [0.15, 0.2) is 5.82 Å². The number of halogens is 1. The number of H-pyrrole nitrogens is 1. The summed E-state index contributed by atoms with van der Waals surface area (Å²) in [5.74, 6) is 1.70. The number of ether oxygens (including phenoxy) is 1. The Balaban J connectivity index is 2.16. The maximum absolute atomic E-state index is 5.65. The number of rotatable bonds is 8. The zero-order chi connectivity index (χ0) is 16.7. The van der Waals surface area contributed by atoms with Gasteiger partial charge >= 0.3 is 0 Å². The summed E-state index contributed by atoms with van der Waals surface area (Å²) in [7, 11) is 0. The predicted molar refractivity (Wildman–Crippen MR) is 98.9 cm³/mol. The summed E-state index contributed by atoms with van der Waals surface area (Å²) < 4.78 is 8.75. The van der Waals surface area contributed by atoms with Gasteiger partial charge in [0.25, 0.3) is 0 Å². The molecule has 5 nitrogen and oxygen atoms in total. The molecule has 0 aliphatic carbocycles. The molecule has 1 aromatic heterocycles. The number of hydrogen-bond acceptors (Lipinski definition) is 4. The van der Waals surface area contributed by atoms with Gasteiger partial charge in [-0.2, -0.15) is 14.9 Å². The van der Waals surface area contributed by atoms with Gasteiger partial charge in [0.2, 0.25) is 4.77 Å². The van der Waals surface area contributed by atoms with Crippen LogP contribution in [0.5, 0.6) is 5.75 Å². The van der Waals surface area contributed by atoms with Gasteiger partial charge in [0.05, 0.1) is 17.3 Å². The number of aromatic amines is 1. The van der Waals surface area contributed by atoms with Gasteiger partial charge in [-0.25, -0.2) is 0 Å². The minimum absolute atomic E-state index is 0.509. The molecule has 0 aliphatic heterocycles. The zero-order valence-electron chi connectivity index (χ0n) is 13.4. The van der Waals surface area contributed by atoms with Gasteiger partial charge in [-0.3, -0.25) is 5.10 Å². The standard InChI is InChI=1S/C16H21BrN4OS/c1-3-5-6-15-19-20-16(23)21(15)18-11-12-7-8-14(13(17)10-12)22-9-4-2/h7-8,10-11H,3-6,9H2,1-2H3,(H,20,23)/b18-11-. The highest BCUT2D eigenvalue weighted by atomic mass is 79.9. The van der Waals surface area contributed by atoms with Crippen molar-refractivity contribution in [3.05, 3.63) is 38.8 Å². The smallest absolute Gasteiger partial charge is 0.216 e. The molecule has 0 atom stereocenters. The molecule has 0 bridgehead atoms. The van der Waals surface area contributed by atoms with Gasteiger partial charge in [-0.15, -0.1) is 0 Å². The molecule has 0 saturated heterocycles. The summed E-state index contributed by atoms with van der Waals surface area (Å²) in [6, 6.07) is 5.88. The fraction of sp³-hybridized carbons (Fsp3) is 0.438. The van der Waals surface area contributed by atoms with Gasteiger partial charge in [-0.1, -0.05) is 20.3 Å². The van der Waals surface area contributed by atoms with Crippen LogP contribution in [0.25, 0.3) is 0 Å². The second kappa shape index (κ2) is 8.98. The lowest BCUT2D eigenvalue weighted by Gasteiger charge is -2.07. The Morgan fingerprint density at radius 1 is 1.39 bits per heavy atom. The first-order valence-electron chi connectivity index (χ1n) is 7.78. The topological polar surface area (TPSA) is 55.2 Å². The third kappa shape index (κ3) is 5.00. The number of nitrogens with zero attached hydrogens (tertiary/aromatic N) is 3. The summed E-state index contributed by atoms with van der Waals surface area (Å²) in [4.78, 5) is 0. The van der Waals surface area contributed by atoms with Gasteiger partial charge in [-0.05, 0) is 64.8 Å². The highest BCUT2D eigenvalue weighted by Gasteiger charge is 2.05. The predicted octanol–water partition coefficient (Wildman–Crippen LogP) is 4.72. The van der Waals surface area contributed by atoms with Crippen LogP contribution in [0.15, 0.2) is 27.8 Å². The van der Waals surface area contributed by atoms with Crippen molar-refractivity contribution in [2.45, 2.75) is 39.5 Å². The summed E-state index contributed by atoms with van der Waals surface area (Å²) >= 11 is 8.76. The molecule has 0 unspecified atom stereocenters. The van der Waals surface area contributed by atoms with E-state index < -0.39 is 0 Å². The SMILES string of the molecule is CCCCc1n[nH]c(=S)n1/N=C\c1ccc(OCCC)c(Br)c1. The van der Waals surface area contributed by atoms with Crippen LogP contribution in [0.1, 0.15) is 44.5 Å². The monoisotopic (exact) mass is 396 g/mol. The van der Waals surface area contributed by atoms with Crippen LogP contribution in [-0.2, 0) is 6.42 Å². The summed E-state index contributed by atoms with van der Waals surface area (Å²) in [5, 5.41) is 11.5. The third-order valence-corrected chi connectivity index (χ3v) is 4.10. The number of hydrogen-bond donors (Lipinski definition) is 1. The van der Waals surface area contributed by atoms with E-state index in [9.17, 15) is 0 Å². The van der Waals surface area contributed by atoms with E-state index in [1.54, 1.807) is 10.9 Å². The summed E-state index contributed by atoms with van der Waals surface area (Å²) in [6.45, 7) is 4.94. The Morgan fingerprint density at radius 3 is 2.91 bits per heavy atom. The maximum atomic E-state index is 5.65. The first-order chi connectivity index (χ1) is 11.2. The van der Waals surface area contributed by atoms with E-state index in [1.807, 2.05) is 18.2 Å². The largest absolute Gasteiger partial charge is 0.492 e. The van der Waals surface area contributed by atoms with Crippen molar-refractivity contribution in [2.24, 2.45) is 5.10 Å². The first-order valence-corrected chi connectivity index (χ1v) is 8.98. The van der Waals surface area contributed by atoms with Gasteiger partial charge in [0, 0.05) is 6.42 Å². The number of nitrogens with one attached hydrogen (secondary N) is 1.